The maximum Gasteiger partial charge on any atom is 0.255 e. The van der Waals surface area contributed by atoms with Crippen LogP contribution in [0.5, 0.6) is 0 Å². The molecule has 0 atom stereocenters. The summed E-state index contributed by atoms with van der Waals surface area (Å²) >= 11 is 4.92. The average molecular weight is 244 g/mol. The van der Waals surface area contributed by atoms with Gasteiger partial charge in [-0.05, 0) is 6.42 Å². The molecule has 0 bridgehead atoms. The molecule has 1 rings (SSSR count). The second kappa shape index (κ2) is 4.88. The molecule has 2 N–H and O–H groups in total. The molecule has 1 saturated heterocycles. The molecule has 6 heteroatoms. The Kier molecular flexibility index (Phi) is 3.98. The van der Waals surface area contributed by atoms with E-state index in [4.69, 9.17) is 22.7 Å². The lowest BCUT2D eigenvalue weighted by Crippen LogP contribution is -2.48. The number of carbonyl (C=O) groups is 2. The van der Waals surface area contributed by atoms with Gasteiger partial charge >= 0.3 is 0 Å². The molecule has 1 aliphatic heterocycles. The Balaban J connectivity index is 2.57. The molecular formula is C10H16N2O3S. The van der Waals surface area contributed by atoms with Crippen molar-refractivity contribution in [2.45, 2.75) is 20.3 Å². The van der Waals surface area contributed by atoms with Gasteiger partial charge in [0.2, 0.25) is 0 Å². The number of ether oxygens (including phenoxy) is 1. The third-order valence-corrected chi connectivity index (χ3v) is 3.23. The summed E-state index contributed by atoms with van der Waals surface area (Å²) in [6, 6.07) is 0. The largest absolute Gasteiger partial charge is 0.393 e. The number of amides is 2. The van der Waals surface area contributed by atoms with E-state index >= 15 is 0 Å². The van der Waals surface area contributed by atoms with Gasteiger partial charge in [-0.25, -0.2) is 0 Å². The Hall–Kier alpha value is -1.01. The molecule has 5 nitrogen and oxygen atoms in total. The highest BCUT2D eigenvalue weighted by Gasteiger charge is 2.29. The SMILES string of the molecule is CC(C)(CCN1C(=O)COCC1=O)C(N)=S. The van der Waals surface area contributed by atoms with Gasteiger partial charge in [0.15, 0.2) is 0 Å². The monoisotopic (exact) mass is 244 g/mol. The first-order valence-corrected chi connectivity index (χ1v) is 5.46. The van der Waals surface area contributed by atoms with E-state index < -0.39 is 0 Å². The topological polar surface area (TPSA) is 72.6 Å². The molecule has 90 valence electrons. The minimum Gasteiger partial charge on any atom is -0.393 e. The molecule has 0 saturated carbocycles. The zero-order valence-corrected chi connectivity index (χ0v) is 10.3. The molecule has 0 radical (unpaired) electrons. The fourth-order valence-corrected chi connectivity index (χ4v) is 1.39. The van der Waals surface area contributed by atoms with Gasteiger partial charge in [-0.2, -0.15) is 0 Å². The molecule has 16 heavy (non-hydrogen) atoms. The fourth-order valence-electron chi connectivity index (χ4n) is 1.28. The van der Waals surface area contributed by atoms with E-state index in [9.17, 15) is 9.59 Å². The minimum absolute atomic E-state index is 0.0285. The normalized spacial score (nSPS) is 17.8. The van der Waals surface area contributed by atoms with Crippen LogP contribution in [-0.4, -0.2) is 41.5 Å². The van der Waals surface area contributed by atoms with Crippen molar-refractivity contribution in [1.29, 1.82) is 0 Å². The van der Waals surface area contributed by atoms with Gasteiger partial charge < -0.3 is 10.5 Å². The summed E-state index contributed by atoms with van der Waals surface area (Å²) in [5, 5.41) is 0. The lowest BCUT2D eigenvalue weighted by molar-refractivity contribution is -0.158. The Morgan fingerprint density at radius 1 is 1.44 bits per heavy atom. The van der Waals surface area contributed by atoms with Crippen molar-refractivity contribution < 1.29 is 14.3 Å². The zero-order chi connectivity index (χ0) is 12.3. The summed E-state index contributed by atoms with van der Waals surface area (Å²) in [5.74, 6) is -0.593. The van der Waals surface area contributed by atoms with Crippen LogP contribution < -0.4 is 5.73 Å². The molecule has 0 aromatic rings. The van der Waals surface area contributed by atoms with Crippen LogP contribution in [0.25, 0.3) is 0 Å². The zero-order valence-electron chi connectivity index (χ0n) is 9.49. The standard InChI is InChI=1S/C10H16N2O3S/c1-10(2,9(11)16)3-4-12-7(13)5-15-6-8(12)14/h3-6H2,1-2H3,(H2,11,16). The van der Waals surface area contributed by atoms with Crippen molar-refractivity contribution in [1.82, 2.24) is 4.90 Å². The predicted octanol–water partition coefficient (Wildman–Crippen LogP) is 0.0742. The first kappa shape index (κ1) is 13.1. The van der Waals surface area contributed by atoms with Crippen LogP contribution in [-0.2, 0) is 14.3 Å². The smallest absolute Gasteiger partial charge is 0.255 e. The summed E-state index contributed by atoms with van der Waals surface area (Å²) in [7, 11) is 0. The van der Waals surface area contributed by atoms with E-state index in [0.29, 0.717) is 18.0 Å². The number of nitrogens with zero attached hydrogens (tertiary/aromatic N) is 1. The second-order valence-corrected chi connectivity index (χ2v) is 4.87. The maximum atomic E-state index is 11.4. The molecule has 0 unspecified atom stereocenters. The van der Waals surface area contributed by atoms with Crippen LogP contribution in [0.3, 0.4) is 0 Å². The van der Waals surface area contributed by atoms with Gasteiger partial charge in [-0.15, -0.1) is 0 Å². The number of hydrogen-bond acceptors (Lipinski definition) is 4. The van der Waals surface area contributed by atoms with Crippen LogP contribution in [0, 0.1) is 5.41 Å². The van der Waals surface area contributed by atoms with E-state index in [-0.39, 0.29) is 30.4 Å². The number of imide groups is 1. The summed E-state index contributed by atoms with van der Waals surface area (Å²) in [6.45, 7) is 4.07. The number of carbonyl (C=O) groups excluding carboxylic acids is 2. The predicted molar refractivity (Wildman–Crippen MR) is 62.7 cm³/mol. The maximum absolute atomic E-state index is 11.4. The van der Waals surface area contributed by atoms with Crippen LogP contribution in [0.1, 0.15) is 20.3 Å². The van der Waals surface area contributed by atoms with Gasteiger partial charge in [-0.3, -0.25) is 14.5 Å². The van der Waals surface area contributed by atoms with Crippen molar-refractivity contribution in [2.75, 3.05) is 19.8 Å². The van der Waals surface area contributed by atoms with E-state index in [0.717, 1.165) is 0 Å². The number of nitrogens with two attached hydrogens (primary N) is 1. The van der Waals surface area contributed by atoms with Crippen LogP contribution in [0.15, 0.2) is 0 Å². The fraction of sp³-hybridized carbons (Fsp3) is 0.700. The number of hydrogen-bond donors (Lipinski definition) is 1. The van der Waals surface area contributed by atoms with E-state index in [1.165, 1.54) is 4.90 Å². The van der Waals surface area contributed by atoms with Crippen LogP contribution >= 0.6 is 12.2 Å². The van der Waals surface area contributed by atoms with Crippen molar-refractivity contribution in [3.05, 3.63) is 0 Å². The van der Waals surface area contributed by atoms with E-state index in [1.54, 1.807) is 0 Å². The lowest BCUT2D eigenvalue weighted by atomic mass is 9.89. The quantitative estimate of drug-likeness (QED) is 0.560. The highest BCUT2D eigenvalue weighted by molar-refractivity contribution is 7.80. The Bertz CT molecular complexity index is 312. The Morgan fingerprint density at radius 3 is 2.38 bits per heavy atom. The molecule has 2 amide bonds. The van der Waals surface area contributed by atoms with E-state index in [2.05, 4.69) is 0 Å². The average Bonchev–Trinajstić information content (AvgIpc) is 2.16. The van der Waals surface area contributed by atoms with Crippen molar-refractivity contribution in [3.8, 4) is 0 Å². The highest BCUT2D eigenvalue weighted by atomic mass is 32.1. The number of thiocarbonyl (C=S) groups is 1. The first-order chi connectivity index (χ1) is 7.34. The Morgan fingerprint density at radius 2 is 1.94 bits per heavy atom. The summed E-state index contributed by atoms with van der Waals surface area (Å²) < 4.78 is 4.81. The van der Waals surface area contributed by atoms with Crippen molar-refractivity contribution in [3.63, 3.8) is 0 Å². The highest BCUT2D eigenvalue weighted by Crippen LogP contribution is 2.21. The molecule has 1 fully saturated rings. The van der Waals surface area contributed by atoms with Gasteiger partial charge in [0.05, 0.1) is 4.99 Å². The number of morpholine rings is 1. The third-order valence-electron chi connectivity index (χ3n) is 2.68. The van der Waals surface area contributed by atoms with Crippen molar-refractivity contribution >= 4 is 29.0 Å². The molecule has 1 aliphatic rings. The first-order valence-electron chi connectivity index (χ1n) is 5.05. The summed E-state index contributed by atoms with van der Waals surface area (Å²) in [4.78, 5) is 24.4. The number of rotatable bonds is 4. The van der Waals surface area contributed by atoms with Gasteiger partial charge in [-0.1, -0.05) is 26.1 Å². The molecule has 1 heterocycles. The van der Waals surface area contributed by atoms with Gasteiger partial charge in [0.1, 0.15) is 13.2 Å². The second-order valence-electron chi connectivity index (χ2n) is 4.43. The van der Waals surface area contributed by atoms with Crippen LogP contribution in [0.2, 0.25) is 0 Å². The van der Waals surface area contributed by atoms with Gasteiger partial charge in [0.25, 0.3) is 11.8 Å². The molecule has 0 aromatic heterocycles. The molecule has 0 aromatic carbocycles. The minimum atomic E-state index is -0.353. The van der Waals surface area contributed by atoms with Gasteiger partial charge in [0, 0.05) is 12.0 Å². The van der Waals surface area contributed by atoms with Crippen molar-refractivity contribution in [2.24, 2.45) is 11.1 Å². The summed E-state index contributed by atoms with van der Waals surface area (Å²) in [6.07, 6.45) is 0.569. The molecule has 0 spiro atoms. The van der Waals surface area contributed by atoms with E-state index in [1.807, 2.05) is 13.8 Å². The third kappa shape index (κ3) is 2.99. The Labute approximate surface area is 99.9 Å². The molecule has 0 aliphatic carbocycles. The lowest BCUT2D eigenvalue weighted by Gasteiger charge is -2.29. The van der Waals surface area contributed by atoms with Crippen LogP contribution in [0.4, 0.5) is 0 Å². The molecular weight excluding hydrogens is 228 g/mol. The summed E-state index contributed by atoms with van der Waals surface area (Å²) in [5.41, 5.74) is 5.22.